The number of carbonyl (C=O) groups excluding carboxylic acids is 1. The van der Waals surface area contributed by atoms with Crippen molar-refractivity contribution in [2.45, 2.75) is 13.0 Å². The Hall–Kier alpha value is -2.41. The third kappa shape index (κ3) is 4.35. The maximum absolute atomic E-state index is 12.6. The number of rotatable bonds is 5. The molecule has 0 bridgehead atoms. The van der Waals surface area contributed by atoms with E-state index in [2.05, 4.69) is 44.3 Å². The third-order valence-corrected chi connectivity index (χ3v) is 5.48. The van der Waals surface area contributed by atoms with E-state index in [4.69, 9.17) is 11.6 Å². The Kier molecular flexibility index (Phi) is 5.62. The van der Waals surface area contributed by atoms with E-state index in [-0.39, 0.29) is 12.3 Å². The Bertz CT molecular complexity index is 978. The molecule has 0 spiro atoms. The van der Waals surface area contributed by atoms with E-state index in [1.807, 2.05) is 12.1 Å². The number of fused-ring (bicyclic) bond motifs is 1. The van der Waals surface area contributed by atoms with Gasteiger partial charge in [-0.05, 0) is 36.4 Å². The van der Waals surface area contributed by atoms with Crippen LogP contribution in [0.25, 0.3) is 11.0 Å². The van der Waals surface area contributed by atoms with E-state index in [0.717, 1.165) is 49.4 Å². The zero-order chi connectivity index (χ0) is 19.5. The Labute approximate surface area is 169 Å². The molecule has 1 saturated heterocycles. The summed E-state index contributed by atoms with van der Waals surface area (Å²) in [5.41, 5.74) is 3.58. The van der Waals surface area contributed by atoms with Crippen LogP contribution in [0.5, 0.6) is 0 Å². The summed E-state index contributed by atoms with van der Waals surface area (Å²) in [5, 5.41) is 4.41. The molecule has 0 atom stereocenters. The number of piperazine rings is 1. The van der Waals surface area contributed by atoms with Crippen LogP contribution in [0.15, 0.2) is 42.7 Å². The Morgan fingerprint density at radius 3 is 2.89 bits per heavy atom. The summed E-state index contributed by atoms with van der Waals surface area (Å²) in [7, 11) is 2.16. The fraction of sp³-hybridized carbons (Fsp3) is 0.333. The van der Waals surface area contributed by atoms with Crippen molar-refractivity contribution in [1.82, 2.24) is 19.8 Å². The number of likely N-dealkylation sites (N-methyl/N-ethyl adjacent to an activating group) is 1. The lowest BCUT2D eigenvalue weighted by Crippen LogP contribution is -2.43. The van der Waals surface area contributed by atoms with Crippen LogP contribution in [-0.4, -0.2) is 58.9 Å². The van der Waals surface area contributed by atoms with Crippen LogP contribution in [0, 0.1) is 0 Å². The number of aromatic nitrogens is 2. The molecule has 0 unspecified atom stereocenters. The highest BCUT2D eigenvalue weighted by molar-refractivity contribution is 6.35. The molecule has 4 rings (SSSR count). The summed E-state index contributed by atoms with van der Waals surface area (Å²) < 4.78 is 0. The van der Waals surface area contributed by atoms with Gasteiger partial charge >= 0.3 is 0 Å². The van der Waals surface area contributed by atoms with Gasteiger partial charge in [0, 0.05) is 56.2 Å². The molecule has 0 aliphatic carbocycles. The molecule has 3 aromatic rings. The molecule has 1 aliphatic rings. The maximum atomic E-state index is 12.6. The largest absolute Gasteiger partial charge is 0.346 e. The molecule has 2 aromatic heterocycles. The first kappa shape index (κ1) is 18.9. The summed E-state index contributed by atoms with van der Waals surface area (Å²) in [4.78, 5) is 24.7. The first-order chi connectivity index (χ1) is 13.6. The Morgan fingerprint density at radius 2 is 2.07 bits per heavy atom. The minimum absolute atomic E-state index is 0.0717. The van der Waals surface area contributed by atoms with Gasteiger partial charge in [0.2, 0.25) is 5.91 Å². The van der Waals surface area contributed by atoms with Crippen molar-refractivity contribution < 1.29 is 4.79 Å². The minimum Gasteiger partial charge on any atom is -0.346 e. The van der Waals surface area contributed by atoms with Gasteiger partial charge in [-0.2, -0.15) is 0 Å². The lowest BCUT2D eigenvalue weighted by molar-refractivity contribution is -0.115. The first-order valence-electron chi connectivity index (χ1n) is 9.48. The number of benzene rings is 1. The van der Waals surface area contributed by atoms with Crippen LogP contribution in [0.2, 0.25) is 5.02 Å². The molecule has 0 saturated carbocycles. The van der Waals surface area contributed by atoms with Crippen molar-refractivity contribution in [2.24, 2.45) is 0 Å². The van der Waals surface area contributed by atoms with Crippen LogP contribution in [0.1, 0.15) is 11.1 Å². The molecule has 1 aliphatic heterocycles. The van der Waals surface area contributed by atoms with Crippen molar-refractivity contribution in [3.05, 3.63) is 58.9 Å². The van der Waals surface area contributed by atoms with Crippen molar-refractivity contribution >= 4 is 34.2 Å². The van der Waals surface area contributed by atoms with E-state index in [1.165, 1.54) is 5.56 Å². The number of halogens is 1. The zero-order valence-corrected chi connectivity index (χ0v) is 16.7. The molecule has 1 aromatic carbocycles. The number of pyridine rings is 1. The van der Waals surface area contributed by atoms with Crippen molar-refractivity contribution in [3.63, 3.8) is 0 Å². The zero-order valence-electron chi connectivity index (χ0n) is 15.9. The number of hydrogen-bond acceptors (Lipinski definition) is 4. The highest BCUT2D eigenvalue weighted by Crippen LogP contribution is 2.25. The number of anilines is 1. The summed E-state index contributed by atoms with van der Waals surface area (Å²) in [5.74, 6) is -0.0717. The predicted molar refractivity (Wildman–Crippen MR) is 113 cm³/mol. The van der Waals surface area contributed by atoms with Gasteiger partial charge in [0.15, 0.2) is 0 Å². The molecule has 1 amide bonds. The maximum Gasteiger partial charge on any atom is 0.228 e. The highest BCUT2D eigenvalue weighted by atomic mass is 35.5. The standard InChI is InChI=1S/C21H24ClN5O/c1-26-7-9-27(10-8-26)14-15-3-2-4-17(11-15)25-19(28)12-16-13-24-21-20(16)18(22)5-6-23-21/h2-6,11,13H,7-10,12,14H2,1H3,(H,23,24)(H,25,28). The third-order valence-electron chi connectivity index (χ3n) is 5.17. The number of aromatic amines is 1. The molecule has 146 valence electrons. The topological polar surface area (TPSA) is 64.3 Å². The number of amides is 1. The molecular weight excluding hydrogens is 374 g/mol. The molecule has 0 radical (unpaired) electrons. The second-order valence-corrected chi connectivity index (χ2v) is 7.74. The average molecular weight is 398 g/mol. The molecule has 6 nitrogen and oxygen atoms in total. The lowest BCUT2D eigenvalue weighted by atomic mass is 10.1. The SMILES string of the molecule is CN1CCN(Cc2cccc(NC(=O)Cc3c[nH]c4nccc(Cl)c34)c2)CC1. The van der Waals surface area contributed by atoms with Gasteiger partial charge in [-0.1, -0.05) is 23.7 Å². The van der Waals surface area contributed by atoms with Crippen LogP contribution >= 0.6 is 11.6 Å². The monoisotopic (exact) mass is 397 g/mol. The number of nitrogens with zero attached hydrogens (tertiary/aromatic N) is 3. The lowest BCUT2D eigenvalue weighted by Gasteiger charge is -2.32. The van der Waals surface area contributed by atoms with Crippen molar-refractivity contribution in [1.29, 1.82) is 0 Å². The summed E-state index contributed by atoms with van der Waals surface area (Å²) in [6, 6.07) is 9.82. The molecule has 3 heterocycles. The summed E-state index contributed by atoms with van der Waals surface area (Å²) >= 11 is 6.27. The average Bonchev–Trinajstić information content (AvgIpc) is 3.08. The number of H-pyrrole nitrogens is 1. The van der Waals surface area contributed by atoms with Gasteiger partial charge in [-0.3, -0.25) is 9.69 Å². The van der Waals surface area contributed by atoms with Crippen LogP contribution in [0.4, 0.5) is 5.69 Å². The van der Waals surface area contributed by atoms with Crippen LogP contribution in [0.3, 0.4) is 0 Å². The van der Waals surface area contributed by atoms with Crippen LogP contribution < -0.4 is 5.32 Å². The van der Waals surface area contributed by atoms with E-state index < -0.39 is 0 Å². The second-order valence-electron chi connectivity index (χ2n) is 7.34. The second kappa shape index (κ2) is 8.31. The van der Waals surface area contributed by atoms with Crippen molar-refractivity contribution in [3.8, 4) is 0 Å². The molecule has 1 fully saturated rings. The fourth-order valence-corrected chi connectivity index (χ4v) is 3.88. The van der Waals surface area contributed by atoms with E-state index in [0.29, 0.717) is 10.7 Å². The number of hydrogen-bond donors (Lipinski definition) is 2. The predicted octanol–water partition coefficient (Wildman–Crippen LogP) is 3.14. The van der Waals surface area contributed by atoms with Gasteiger partial charge in [0.1, 0.15) is 5.65 Å². The molecule has 28 heavy (non-hydrogen) atoms. The normalized spacial score (nSPS) is 15.8. The highest BCUT2D eigenvalue weighted by Gasteiger charge is 2.15. The van der Waals surface area contributed by atoms with Gasteiger partial charge in [0.25, 0.3) is 0 Å². The number of carbonyl (C=O) groups is 1. The van der Waals surface area contributed by atoms with E-state index in [9.17, 15) is 4.79 Å². The summed E-state index contributed by atoms with van der Waals surface area (Å²) in [6.07, 6.45) is 3.69. The van der Waals surface area contributed by atoms with Crippen molar-refractivity contribution in [2.75, 3.05) is 38.5 Å². The fourth-order valence-electron chi connectivity index (χ4n) is 3.61. The Balaban J connectivity index is 1.40. The van der Waals surface area contributed by atoms with Gasteiger partial charge in [0.05, 0.1) is 11.4 Å². The van der Waals surface area contributed by atoms with E-state index in [1.54, 1.807) is 18.5 Å². The smallest absolute Gasteiger partial charge is 0.228 e. The van der Waals surface area contributed by atoms with E-state index >= 15 is 0 Å². The first-order valence-corrected chi connectivity index (χ1v) is 9.86. The van der Waals surface area contributed by atoms with Gasteiger partial charge < -0.3 is 15.2 Å². The van der Waals surface area contributed by atoms with Gasteiger partial charge in [-0.15, -0.1) is 0 Å². The van der Waals surface area contributed by atoms with Crippen LogP contribution in [-0.2, 0) is 17.8 Å². The Morgan fingerprint density at radius 1 is 1.25 bits per heavy atom. The quantitative estimate of drug-likeness (QED) is 0.694. The summed E-state index contributed by atoms with van der Waals surface area (Å²) in [6.45, 7) is 5.24. The minimum atomic E-state index is -0.0717. The molecule has 2 N–H and O–H groups in total. The molecule has 7 heteroatoms. The van der Waals surface area contributed by atoms with Gasteiger partial charge in [-0.25, -0.2) is 4.98 Å². The molecular formula is C21H24ClN5O. The number of nitrogens with one attached hydrogen (secondary N) is 2.